The average Bonchev–Trinajstić information content (AvgIpc) is 2.75. The SMILES string of the molecule is CNC(=O)NCc1cccc(-n2c(C)nc(OCc3ccc(F)cc3F)c(Br)c2=O)c1. The number of carbonyl (C=O) groups is 1. The largest absolute Gasteiger partial charge is 0.472 e. The molecule has 2 amide bonds. The van der Waals surface area contributed by atoms with Gasteiger partial charge in [0.15, 0.2) is 0 Å². The number of nitrogens with zero attached hydrogens (tertiary/aromatic N) is 2. The number of aromatic nitrogens is 2. The lowest BCUT2D eigenvalue weighted by Gasteiger charge is -2.14. The minimum atomic E-state index is -0.747. The van der Waals surface area contributed by atoms with Crippen molar-refractivity contribution >= 4 is 22.0 Å². The highest BCUT2D eigenvalue weighted by Crippen LogP contribution is 2.22. The molecule has 3 aromatic rings. The number of halogens is 3. The molecule has 2 N–H and O–H groups in total. The Morgan fingerprint density at radius 2 is 2.00 bits per heavy atom. The monoisotopic (exact) mass is 492 g/mol. The summed E-state index contributed by atoms with van der Waals surface area (Å²) in [5.41, 5.74) is 1.06. The molecule has 0 saturated heterocycles. The van der Waals surface area contributed by atoms with Crippen LogP contribution in [0.1, 0.15) is 17.0 Å². The van der Waals surface area contributed by atoms with Gasteiger partial charge in [0.2, 0.25) is 5.88 Å². The molecule has 0 atom stereocenters. The third kappa shape index (κ3) is 5.26. The number of rotatable bonds is 6. The smallest absolute Gasteiger partial charge is 0.314 e. The first kappa shape index (κ1) is 22.4. The summed E-state index contributed by atoms with van der Waals surface area (Å²) in [4.78, 5) is 28.6. The maximum absolute atomic E-state index is 13.8. The van der Waals surface area contributed by atoms with Crippen molar-refractivity contribution in [2.45, 2.75) is 20.1 Å². The topological polar surface area (TPSA) is 85.2 Å². The summed E-state index contributed by atoms with van der Waals surface area (Å²) >= 11 is 3.20. The molecule has 3 rings (SSSR count). The Morgan fingerprint density at radius 3 is 2.71 bits per heavy atom. The van der Waals surface area contributed by atoms with Gasteiger partial charge in [-0.25, -0.2) is 13.6 Å². The molecule has 31 heavy (non-hydrogen) atoms. The first-order valence-electron chi connectivity index (χ1n) is 9.21. The molecular formula is C21H19BrF2N4O3. The van der Waals surface area contributed by atoms with E-state index in [9.17, 15) is 18.4 Å². The first-order chi connectivity index (χ1) is 14.8. The maximum Gasteiger partial charge on any atom is 0.314 e. The van der Waals surface area contributed by atoms with Gasteiger partial charge < -0.3 is 15.4 Å². The molecule has 0 aliphatic carbocycles. The van der Waals surface area contributed by atoms with Crippen molar-refractivity contribution in [3.05, 3.63) is 85.9 Å². The Kier molecular flexibility index (Phi) is 7.01. The van der Waals surface area contributed by atoms with E-state index in [0.29, 0.717) is 11.5 Å². The lowest BCUT2D eigenvalue weighted by atomic mass is 10.2. The summed E-state index contributed by atoms with van der Waals surface area (Å²) in [5.74, 6) is -1.09. The third-order valence-electron chi connectivity index (χ3n) is 4.39. The van der Waals surface area contributed by atoms with E-state index in [0.717, 1.165) is 17.7 Å². The summed E-state index contributed by atoms with van der Waals surface area (Å²) in [6.45, 7) is 1.69. The normalized spacial score (nSPS) is 10.6. The van der Waals surface area contributed by atoms with Crippen molar-refractivity contribution in [2.75, 3.05) is 7.05 Å². The van der Waals surface area contributed by atoms with Crippen LogP contribution in [0.2, 0.25) is 0 Å². The van der Waals surface area contributed by atoms with Crippen LogP contribution in [0.5, 0.6) is 5.88 Å². The zero-order valence-electron chi connectivity index (χ0n) is 16.7. The molecule has 0 spiro atoms. The van der Waals surface area contributed by atoms with E-state index in [2.05, 4.69) is 31.5 Å². The van der Waals surface area contributed by atoms with Crippen LogP contribution >= 0.6 is 15.9 Å². The predicted octanol–water partition coefficient (Wildman–Crippen LogP) is 3.59. The average molecular weight is 493 g/mol. The standard InChI is InChI=1S/C21H19BrF2N4O3/c1-12-27-19(31-11-14-6-7-15(23)9-17(14)24)18(22)20(29)28(12)16-5-3-4-13(8-16)10-26-21(30)25-2/h3-9H,10-11H2,1-2H3,(H2,25,26,30). The number of nitrogens with one attached hydrogen (secondary N) is 2. The van der Waals surface area contributed by atoms with Crippen molar-refractivity contribution in [3.63, 3.8) is 0 Å². The van der Waals surface area contributed by atoms with Crippen LogP contribution in [0, 0.1) is 18.6 Å². The number of aryl methyl sites for hydroxylation is 1. The van der Waals surface area contributed by atoms with Gasteiger partial charge in [-0.1, -0.05) is 12.1 Å². The van der Waals surface area contributed by atoms with Gasteiger partial charge in [0.25, 0.3) is 5.56 Å². The van der Waals surface area contributed by atoms with Gasteiger partial charge in [-0.3, -0.25) is 9.36 Å². The highest BCUT2D eigenvalue weighted by atomic mass is 79.9. The fourth-order valence-corrected chi connectivity index (χ4v) is 3.22. The van der Waals surface area contributed by atoms with Crippen molar-refractivity contribution in [2.24, 2.45) is 0 Å². The molecule has 2 aromatic carbocycles. The van der Waals surface area contributed by atoms with E-state index < -0.39 is 17.2 Å². The summed E-state index contributed by atoms with van der Waals surface area (Å²) in [6, 6.07) is 9.91. The number of hydrogen-bond acceptors (Lipinski definition) is 4. The molecule has 7 nitrogen and oxygen atoms in total. The van der Waals surface area contributed by atoms with Crippen LogP contribution in [0.15, 0.2) is 51.7 Å². The minimum absolute atomic E-state index is 0.0000804. The van der Waals surface area contributed by atoms with E-state index in [1.807, 2.05) is 6.07 Å². The second kappa shape index (κ2) is 9.69. The number of amides is 2. The van der Waals surface area contributed by atoms with Crippen LogP contribution < -0.4 is 20.9 Å². The van der Waals surface area contributed by atoms with Crippen molar-refractivity contribution in [1.82, 2.24) is 20.2 Å². The molecule has 0 aliphatic heterocycles. The molecule has 0 unspecified atom stereocenters. The number of urea groups is 1. The van der Waals surface area contributed by atoms with Gasteiger partial charge in [-0.05, 0) is 52.7 Å². The molecular weight excluding hydrogens is 474 g/mol. The highest BCUT2D eigenvalue weighted by molar-refractivity contribution is 9.10. The Bertz CT molecular complexity index is 1180. The van der Waals surface area contributed by atoms with Crippen LogP contribution in [0.25, 0.3) is 5.69 Å². The molecule has 0 bridgehead atoms. The zero-order chi connectivity index (χ0) is 22.5. The van der Waals surface area contributed by atoms with Crippen molar-refractivity contribution < 1.29 is 18.3 Å². The first-order valence-corrected chi connectivity index (χ1v) is 10.00. The summed E-state index contributed by atoms with van der Waals surface area (Å²) < 4.78 is 33.8. The lowest BCUT2D eigenvalue weighted by molar-refractivity contribution is 0.242. The van der Waals surface area contributed by atoms with Gasteiger partial charge >= 0.3 is 6.03 Å². The summed E-state index contributed by atoms with van der Waals surface area (Å²) in [7, 11) is 1.52. The van der Waals surface area contributed by atoms with E-state index in [4.69, 9.17) is 4.74 Å². The van der Waals surface area contributed by atoms with Gasteiger partial charge in [0, 0.05) is 25.2 Å². The van der Waals surface area contributed by atoms with Crippen LogP contribution in [-0.2, 0) is 13.2 Å². The van der Waals surface area contributed by atoms with E-state index in [1.165, 1.54) is 17.7 Å². The molecule has 1 heterocycles. The second-order valence-electron chi connectivity index (χ2n) is 6.55. The number of carbonyl (C=O) groups excluding carboxylic acids is 1. The fraction of sp³-hybridized carbons (Fsp3) is 0.190. The summed E-state index contributed by atoms with van der Waals surface area (Å²) in [5, 5.41) is 5.15. The molecule has 0 radical (unpaired) electrons. The molecule has 0 aliphatic rings. The Balaban J connectivity index is 1.86. The molecule has 162 valence electrons. The minimum Gasteiger partial charge on any atom is -0.472 e. The molecule has 0 fully saturated rings. The lowest BCUT2D eigenvalue weighted by Crippen LogP contribution is -2.32. The molecule has 10 heteroatoms. The van der Waals surface area contributed by atoms with Crippen molar-refractivity contribution in [1.29, 1.82) is 0 Å². The highest BCUT2D eigenvalue weighted by Gasteiger charge is 2.16. The zero-order valence-corrected chi connectivity index (χ0v) is 18.3. The molecule has 1 aromatic heterocycles. The van der Waals surface area contributed by atoms with E-state index in [1.54, 1.807) is 25.1 Å². The number of hydrogen-bond donors (Lipinski definition) is 2. The number of ether oxygens (including phenoxy) is 1. The van der Waals surface area contributed by atoms with E-state index in [-0.39, 0.29) is 35.1 Å². The van der Waals surface area contributed by atoms with Gasteiger partial charge in [-0.2, -0.15) is 4.98 Å². The number of benzene rings is 2. The predicted molar refractivity (Wildman–Crippen MR) is 114 cm³/mol. The second-order valence-corrected chi connectivity index (χ2v) is 7.34. The Labute approximate surface area is 185 Å². The van der Waals surface area contributed by atoms with E-state index >= 15 is 0 Å². The molecule has 0 saturated carbocycles. The van der Waals surface area contributed by atoms with Gasteiger partial charge in [-0.15, -0.1) is 0 Å². The third-order valence-corrected chi connectivity index (χ3v) is 5.07. The Hall–Kier alpha value is -3.27. The quantitative estimate of drug-likeness (QED) is 0.550. The Morgan fingerprint density at radius 1 is 1.23 bits per heavy atom. The van der Waals surface area contributed by atoms with Gasteiger partial charge in [0.05, 0.1) is 5.69 Å². The van der Waals surface area contributed by atoms with Gasteiger partial charge in [0.1, 0.15) is 28.5 Å². The van der Waals surface area contributed by atoms with Crippen molar-refractivity contribution in [3.8, 4) is 11.6 Å². The van der Waals surface area contributed by atoms with Crippen LogP contribution in [-0.4, -0.2) is 22.6 Å². The van der Waals surface area contributed by atoms with Crippen LogP contribution in [0.4, 0.5) is 13.6 Å². The fourth-order valence-electron chi connectivity index (χ4n) is 2.84. The maximum atomic E-state index is 13.8. The van der Waals surface area contributed by atoms with Crippen LogP contribution in [0.3, 0.4) is 0 Å². The summed E-state index contributed by atoms with van der Waals surface area (Å²) in [6.07, 6.45) is 0.